The molecule has 78 valence electrons. The summed E-state index contributed by atoms with van der Waals surface area (Å²) in [5.41, 5.74) is 2.68. The van der Waals surface area contributed by atoms with Crippen LogP contribution in [0.25, 0.3) is 0 Å². The normalized spacial score (nSPS) is 13.2. The maximum Gasteiger partial charge on any atom is 0.0446 e. The first-order chi connectivity index (χ1) is 6.63. The number of aryl methyl sites for hydroxylation is 1. The van der Waals surface area contributed by atoms with Crippen LogP contribution in [0, 0.1) is 6.92 Å². The van der Waals surface area contributed by atoms with E-state index in [0.717, 1.165) is 6.54 Å². The van der Waals surface area contributed by atoms with Crippen LogP contribution in [-0.2, 0) is 0 Å². The molecule has 1 atom stereocenters. The Balaban J connectivity index is 2.78. The fourth-order valence-electron chi connectivity index (χ4n) is 1.62. The monoisotopic (exact) mass is 192 g/mol. The molecule has 2 nitrogen and oxygen atoms in total. The highest BCUT2D eigenvalue weighted by atomic mass is 15.1. The number of hydrogen-bond donors (Lipinski definition) is 1. The Bertz CT molecular complexity index is 281. The molecule has 0 aliphatic rings. The Morgan fingerprint density at radius 2 is 2.07 bits per heavy atom. The van der Waals surface area contributed by atoms with Gasteiger partial charge in [0.1, 0.15) is 0 Å². The van der Waals surface area contributed by atoms with Crippen LogP contribution < -0.4 is 5.32 Å². The van der Waals surface area contributed by atoms with Gasteiger partial charge < -0.3 is 10.2 Å². The molecule has 1 aromatic rings. The SMILES string of the molecule is CNC(CN(C)C)c1cccc(C)c1. The van der Waals surface area contributed by atoms with E-state index in [4.69, 9.17) is 0 Å². The quantitative estimate of drug-likeness (QED) is 0.783. The van der Waals surface area contributed by atoms with E-state index in [1.807, 2.05) is 7.05 Å². The Morgan fingerprint density at radius 3 is 2.57 bits per heavy atom. The summed E-state index contributed by atoms with van der Waals surface area (Å²) in [6.45, 7) is 3.16. The van der Waals surface area contributed by atoms with Crippen LogP contribution in [0.4, 0.5) is 0 Å². The van der Waals surface area contributed by atoms with Gasteiger partial charge in [-0.1, -0.05) is 29.8 Å². The lowest BCUT2D eigenvalue weighted by molar-refractivity contribution is 0.352. The molecule has 0 radical (unpaired) electrons. The van der Waals surface area contributed by atoms with Crippen LogP contribution >= 0.6 is 0 Å². The summed E-state index contributed by atoms with van der Waals surface area (Å²) in [4.78, 5) is 2.20. The average Bonchev–Trinajstić information content (AvgIpc) is 2.14. The lowest BCUT2D eigenvalue weighted by atomic mass is 10.0. The van der Waals surface area contributed by atoms with Crippen molar-refractivity contribution in [1.29, 1.82) is 0 Å². The molecule has 0 fully saturated rings. The Labute approximate surface area is 86.9 Å². The second kappa shape index (κ2) is 5.13. The lowest BCUT2D eigenvalue weighted by Gasteiger charge is -2.21. The number of rotatable bonds is 4. The third-order valence-electron chi connectivity index (χ3n) is 2.34. The predicted octanol–water partition coefficient (Wildman–Crippen LogP) is 1.82. The van der Waals surface area contributed by atoms with Crippen molar-refractivity contribution in [3.63, 3.8) is 0 Å². The molecular weight excluding hydrogens is 172 g/mol. The lowest BCUT2D eigenvalue weighted by Crippen LogP contribution is -2.28. The van der Waals surface area contributed by atoms with Gasteiger partial charge in [-0.3, -0.25) is 0 Å². The summed E-state index contributed by atoms with van der Waals surface area (Å²) >= 11 is 0. The minimum atomic E-state index is 0.421. The van der Waals surface area contributed by atoms with Crippen molar-refractivity contribution in [3.8, 4) is 0 Å². The van der Waals surface area contributed by atoms with Crippen molar-refractivity contribution >= 4 is 0 Å². The minimum absolute atomic E-state index is 0.421. The van der Waals surface area contributed by atoms with E-state index in [-0.39, 0.29) is 0 Å². The zero-order chi connectivity index (χ0) is 10.6. The molecule has 0 saturated carbocycles. The fraction of sp³-hybridized carbons (Fsp3) is 0.500. The summed E-state index contributed by atoms with van der Waals surface area (Å²) in [5, 5.41) is 3.34. The topological polar surface area (TPSA) is 15.3 Å². The van der Waals surface area contributed by atoms with E-state index in [9.17, 15) is 0 Å². The van der Waals surface area contributed by atoms with Crippen LogP contribution in [0.2, 0.25) is 0 Å². The molecule has 1 aromatic carbocycles. The minimum Gasteiger partial charge on any atom is -0.312 e. The average molecular weight is 192 g/mol. The van der Waals surface area contributed by atoms with E-state index in [1.54, 1.807) is 0 Å². The standard InChI is InChI=1S/C12H20N2/c1-10-6-5-7-11(8-10)12(13-2)9-14(3)4/h5-8,12-13H,9H2,1-4H3. The van der Waals surface area contributed by atoms with Crippen LogP contribution in [0.3, 0.4) is 0 Å². The van der Waals surface area contributed by atoms with Crippen LogP contribution in [-0.4, -0.2) is 32.6 Å². The van der Waals surface area contributed by atoms with Crippen LogP contribution in [0.15, 0.2) is 24.3 Å². The first-order valence-corrected chi connectivity index (χ1v) is 5.02. The molecule has 0 saturated heterocycles. The zero-order valence-electron chi connectivity index (χ0n) is 9.54. The molecule has 0 aliphatic heterocycles. The maximum absolute atomic E-state index is 3.34. The number of benzene rings is 1. The van der Waals surface area contributed by atoms with Gasteiger partial charge in [-0.25, -0.2) is 0 Å². The largest absolute Gasteiger partial charge is 0.312 e. The summed E-state index contributed by atoms with van der Waals surface area (Å²) in [6.07, 6.45) is 0. The number of hydrogen-bond acceptors (Lipinski definition) is 2. The smallest absolute Gasteiger partial charge is 0.0446 e. The van der Waals surface area contributed by atoms with Gasteiger partial charge in [-0.2, -0.15) is 0 Å². The third-order valence-corrected chi connectivity index (χ3v) is 2.34. The predicted molar refractivity (Wildman–Crippen MR) is 61.5 cm³/mol. The van der Waals surface area contributed by atoms with Crippen LogP contribution in [0.5, 0.6) is 0 Å². The van der Waals surface area contributed by atoms with Gasteiger partial charge in [0.05, 0.1) is 0 Å². The molecule has 14 heavy (non-hydrogen) atoms. The highest BCUT2D eigenvalue weighted by Gasteiger charge is 2.09. The van der Waals surface area contributed by atoms with E-state index in [0.29, 0.717) is 6.04 Å². The summed E-state index contributed by atoms with van der Waals surface area (Å²) in [5.74, 6) is 0. The molecule has 0 amide bonds. The Hall–Kier alpha value is -0.860. The van der Waals surface area contributed by atoms with Crippen molar-refractivity contribution in [2.75, 3.05) is 27.7 Å². The number of nitrogens with one attached hydrogen (secondary N) is 1. The van der Waals surface area contributed by atoms with Gasteiger partial charge in [0.25, 0.3) is 0 Å². The summed E-state index contributed by atoms with van der Waals surface area (Å²) in [7, 11) is 6.21. The van der Waals surface area contributed by atoms with Gasteiger partial charge in [0.2, 0.25) is 0 Å². The first-order valence-electron chi connectivity index (χ1n) is 5.02. The van der Waals surface area contributed by atoms with E-state index in [2.05, 4.69) is 55.5 Å². The van der Waals surface area contributed by atoms with Crippen molar-refractivity contribution in [1.82, 2.24) is 10.2 Å². The third kappa shape index (κ3) is 3.13. The van der Waals surface area contributed by atoms with Crippen molar-refractivity contribution < 1.29 is 0 Å². The Morgan fingerprint density at radius 1 is 1.36 bits per heavy atom. The van der Waals surface area contributed by atoms with E-state index < -0.39 is 0 Å². The fourth-order valence-corrected chi connectivity index (χ4v) is 1.62. The molecule has 1 rings (SSSR count). The number of likely N-dealkylation sites (N-methyl/N-ethyl adjacent to an activating group) is 2. The van der Waals surface area contributed by atoms with Crippen LogP contribution in [0.1, 0.15) is 17.2 Å². The van der Waals surface area contributed by atoms with E-state index >= 15 is 0 Å². The van der Waals surface area contributed by atoms with Crippen molar-refractivity contribution in [3.05, 3.63) is 35.4 Å². The highest BCUT2D eigenvalue weighted by Crippen LogP contribution is 2.14. The molecule has 1 unspecified atom stereocenters. The molecular formula is C12H20N2. The van der Waals surface area contributed by atoms with Gasteiger partial charge in [-0.15, -0.1) is 0 Å². The van der Waals surface area contributed by atoms with Crippen molar-refractivity contribution in [2.45, 2.75) is 13.0 Å². The molecule has 0 spiro atoms. The second-order valence-electron chi connectivity index (χ2n) is 4.02. The highest BCUT2D eigenvalue weighted by molar-refractivity contribution is 5.25. The summed E-state index contributed by atoms with van der Waals surface area (Å²) < 4.78 is 0. The van der Waals surface area contributed by atoms with Gasteiger partial charge in [0.15, 0.2) is 0 Å². The molecule has 1 N–H and O–H groups in total. The molecule has 0 heterocycles. The molecule has 0 bridgehead atoms. The van der Waals surface area contributed by atoms with Gasteiger partial charge >= 0.3 is 0 Å². The van der Waals surface area contributed by atoms with E-state index in [1.165, 1.54) is 11.1 Å². The first kappa shape index (κ1) is 11.2. The van der Waals surface area contributed by atoms with Gasteiger partial charge in [-0.05, 0) is 33.6 Å². The second-order valence-corrected chi connectivity index (χ2v) is 4.02. The maximum atomic E-state index is 3.34. The molecule has 2 heteroatoms. The van der Waals surface area contributed by atoms with Crippen molar-refractivity contribution in [2.24, 2.45) is 0 Å². The molecule has 0 aromatic heterocycles. The number of nitrogens with zero attached hydrogens (tertiary/aromatic N) is 1. The summed E-state index contributed by atoms with van der Waals surface area (Å²) in [6, 6.07) is 9.09. The Kier molecular flexibility index (Phi) is 4.11. The molecule has 0 aliphatic carbocycles. The van der Waals surface area contributed by atoms with Gasteiger partial charge in [0, 0.05) is 12.6 Å². The zero-order valence-corrected chi connectivity index (χ0v) is 9.54.